The summed E-state index contributed by atoms with van der Waals surface area (Å²) < 4.78 is 71.6. The van der Waals surface area contributed by atoms with Crippen molar-refractivity contribution < 1.29 is 30.8 Å². The van der Waals surface area contributed by atoms with Crippen molar-refractivity contribution in [2.45, 2.75) is 36.9 Å². The second-order valence-electron chi connectivity index (χ2n) is 6.72. The lowest BCUT2D eigenvalue weighted by Gasteiger charge is -2.32. The Morgan fingerprint density at radius 3 is 2.45 bits per heavy atom. The van der Waals surface area contributed by atoms with E-state index in [-0.39, 0.29) is 42.8 Å². The highest BCUT2D eigenvalue weighted by Crippen LogP contribution is 2.37. The number of benzene rings is 1. The predicted molar refractivity (Wildman–Crippen MR) is 99.1 cm³/mol. The molecule has 11 heteroatoms. The zero-order valence-electron chi connectivity index (χ0n) is 15.3. The first kappa shape index (κ1) is 21.7. The normalized spacial score (nSPS) is 16.7. The van der Waals surface area contributed by atoms with Gasteiger partial charge in [0.25, 0.3) is 5.91 Å². The molecule has 1 aromatic heterocycles. The zero-order chi connectivity index (χ0) is 21.4. The summed E-state index contributed by atoms with van der Waals surface area (Å²) in [6.45, 7) is 1.67. The Kier molecular flexibility index (Phi) is 5.98. The Hall–Kier alpha value is -2.04. The van der Waals surface area contributed by atoms with Crippen LogP contribution in [0.2, 0.25) is 5.02 Å². The predicted octanol–water partition coefficient (Wildman–Crippen LogP) is 3.84. The molecule has 2 aromatic rings. The van der Waals surface area contributed by atoms with Gasteiger partial charge in [-0.25, -0.2) is 8.42 Å². The van der Waals surface area contributed by atoms with Crippen molar-refractivity contribution in [1.29, 1.82) is 0 Å². The van der Waals surface area contributed by atoms with Crippen LogP contribution in [0.5, 0.6) is 0 Å². The third-order valence-corrected chi connectivity index (χ3v) is 6.91. The molecule has 1 aliphatic heterocycles. The SMILES string of the molecule is Cc1ccoc1C(=O)NC1CCN(S(=O)(=O)c2ccc(Cl)cc2C(F)(F)F)CC1. The lowest BCUT2D eigenvalue weighted by Crippen LogP contribution is -2.46. The lowest BCUT2D eigenvalue weighted by atomic mass is 10.1. The molecule has 1 aliphatic rings. The number of sulfonamides is 1. The molecule has 29 heavy (non-hydrogen) atoms. The topological polar surface area (TPSA) is 79.6 Å². The van der Waals surface area contributed by atoms with Crippen LogP contribution in [0.3, 0.4) is 0 Å². The van der Waals surface area contributed by atoms with Gasteiger partial charge in [0.2, 0.25) is 10.0 Å². The van der Waals surface area contributed by atoms with Gasteiger partial charge in [-0.2, -0.15) is 17.5 Å². The number of rotatable bonds is 4. The van der Waals surface area contributed by atoms with Crippen LogP contribution < -0.4 is 5.32 Å². The van der Waals surface area contributed by atoms with Crippen molar-refractivity contribution in [3.63, 3.8) is 0 Å². The molecule has 1 amide bonds. The first-order valence-electron chi connectivity index (χ1n) is 8.72. The van der Waals surface area contributed by atoms with Gasteiger partial charge in [0, 0.05) is 29.7 Å². The second-order valence-corrected chi connectivity index (χ2v) is 9.07. The highest BCUT2D eigenvalue weighted by atomic mass is 35.5. The first-order chi connectivity index (χ1) is 13.5. The molecular weight excluding hydrogens is 433 g/mol. The molecule has 0 unspecified atom stereocenters. The van der Waals surface area contributed by atoms with E-state index in [1.165, 1.54) is 6.26 Å². The summed E-state index contributed by atoms with van der Waals surface area (Å²) >= 11 is 5.62. The highest BCUT2D eigenvalue weighted by Gasteiger charge is 2.40. The van der Waals surface area contributed by atoms with E-state index in [4.69, 9.17) is 16.0 Å². The number of alkyl halides is 3. The molecule has 158 valence electrons. The number of carbonyl (C=O) groups excluding carboxylic acids is 1. The molecule has 0 bridgehead atoms. The quantitative estimate of drug-likeness (QED) is 0.767. The summed E-state index contributed by atoms with van der Waals surface area (Å²) in [5, 5.41) is 2.56. The van der Waals surface area contributed by atoms with Gasteiger partial charge in [0.1, 0.15) is 0 Å². The van der Waals surface area contributed by atoms with Crippen molar-refractivity contribution in [2.75, 3.05) is 13.1 Å². The van der Waals surface area contributed by atoms with E-state index in [2.05, 4.69) is 5.32 Å². The van der Waals surface area contributed by atoms with Gasteiger partial charge in [0.05, 0.1) is 16.7 Å². The number of hydrogen-bond donors (Lipinski definition) is 1. The van der Waals surface area contributed by atoms with Gasteiger partial charge in [-0.15, -0.1) is 0 Å². The smallest absolute Gasteiger partial charge is 0.417 e. The van der Waals surface area contributed by atoms with E-state index in [1.54, 1.807) is 13.0 Å². The molecule has 0 aliphatic carbocycles. The number of hydrogen-bond acceptors (Lipinski definition) is 4. The molecule has 1 N–H and O–H groups in total. The van der Waals surface area contributed by atoms with Crippen molar-refractivity contribution in [1.82, 2.24) is 9.62 Å². The number of aryl methyl sites for hydroxylation is 1. The van der Waals surface area contributed by atoms with E-state index in [0.717, 1.165) is 16.4 Å². The van der Waals surface area contributed by atoms with Gasteiger partial charge < -0.3 is 9.73 Å². The second kappa shape index (κ2) is 8.00. The molecule has 1 saturated heterocycles. The number of nitrogens with zero attached hydrogens (tertiary/aromatic N) is 1. The third-order valence-electron chi connectivity index (χ3n) is 4.72. The van der Waals surface area contributed by atoms with Crippen LogP contribution in [0.4, 0.5) is 13.2 Å². The molecule has 6 nitrogen and oxygen atoms in total. The minimum atomic E-state index is -4.86. The van der Waals surface area contributed by atoms with Crippen molar-refractivity contribution in [2.24, 2.45) is 0 Å². The van der Waals surface area contributed by atoms with Crippen molar-refractivity contribution >= 4 is 27.5 Å². The Bertz CT molecular complexity index is 1010. The fourth-order valence-electron chi connectivity index (χ4n) is 3.18. The Balaban J connectivity index is 1.72. The largest absolute Gasteiger partial charge is 0.459 e. The summed E-state index contributed by atoms with van der Waals surface area (Å²) in [7, 11) is -4.37. The Morgan fingerprint density at radius 1 is 1.24 bits per heavy atom. The monoisotopic (exact) mass is 450 g/mol. The zero-order valence-corrected chi connectivity index (χ0v) is 16.9. The van der Waals surface area contributed by atoms with E-state index in [0.29, 0.717) is 11.6 Å². The standard InChI is InChI=1S/C18H18ClF3N2O4S/c1-11-6-9-28-16(11)17(25)23-13-4-7-24(8-5-13)29(26,27)15-3-2-12(19)10-14(15)18(20,21)22/h2-3,6,9-10,13H,4-5,7-8H2,1H3,(H,23,25). The van der Waals surface area contributed by atoms with Crippen LogP contribution in [0.1, 0.15) is 34.5 Å². The molecule has 1 aromatic carbocycles. The number of piperidine rings is 1. The van der Waals surface area contributed by atoms with Gasteiger partial charge >= 0.3 is 6.18 Å². The molecule has 0 spiro atoms. The summed E-state index contributed by atoms with van der Waals surface area (Å²) in [6, 6.07) is 3.92. The van der Waals surface area contributed by atoms with Gasteiger partial charge in [-0.3, -0.25) is 4.79 Å². The molecule has 3 rings (SSSR count). The highest BCUT2D eigenvalue weighted by molar-refractivity contribution is 7.89. The number of amides is 1. The van der Waals surface area contributed by atoms with Crippen molar-refractivity contribution in [3.8, 4) is 0 Å². The lowest BCUT2D eigenvalue weighted by molar-refractivity contribution is -0.139. The molecular formula is C18H18ClF3N2O4S. The van der Waals surface area contributed by atoms with E-state index < -0.39 is 32.6 Å². The molecule has 0 atom stereocenters. The number of nitrogens with one attached hydrogen (secondary N) is 1. The van der Waals surface area contributed by atoms with Crippen LogP contribution in [0, 0.1) is 6.92 Å². The molecule has 2 heterocycles. The summed E-state index contributed by atoms with van der Waals surface area (Å²) in [5.41, 5.74) is -0.626. The Labute approximate surface area is 170 Å². The van der Waals surface area contributed by atoms with Gasteiger partial charge in [0.15, 0.2) is 5.76 Å². The molecule has 0 saturated carbocycles. The average Bonchev–Trinajstić information content (AvgIpc) is 3.07. The fourth-order valence-corrected chi connectivity index (χ4v) is 5.02. The summed E-state index contributed by atoms with van der Waals surface area (Å²) in [6.07, 6.45) is -2.94. The van der Waals surface area contributed by atoms with Crippen LogP contribution in [0.25, 0.3) is 0 Å². The maximum atomic E-state index is 13.3. The van der Waals surface area contributed by atoms with E-state index >= 15 is 0 Å². The summed E-state index contributed by atoms with van der Waals surface area (Å²) in [5.74, 6) is -0.234. The van der Waals surface area contributed by atoms with Gasteiger partial charge in [-0.05, 0) is 44.0 Å². The maximum absolute atomic E-state index is 13.3. The van der Waals surface area contributed by atoms with Crippen molar-refractivity contribution in [3.05, 3.63) is 52.4 Å². The molecule has 0 radical (unpaired) electrons. The minimum Gasteiger partial charge on any atom is -0.459 e. The average molecular weight is 451 g/mol. The first-order valence-corrected chi connectivity index (χ1v) is 10.5. The number of halogens is 4. The van der Waals surface area contributed by atoms with E-state index in [1.807, 2.05) is 0 Å². The molecule has 1 fully saturated rings. The summed E-state index contributed by atoms with van der Waals surface area (Å²) in [4.78, 5) is 11.4. The van der Waals surface area contributed by atoms with Crippen LogP contribution in [0.15, 0.2) is 39.8 Å². The minimum absolute atomic E-state index is 0.0235. The van der Waals surface area contributed by atoms with Crippen LogP contribution >= 0.6 is 11.6 Å². The van der Waals surface area contributed by atoms with Gasteiger partial charge in [-0.1, -0.05) is 11.6 Å². The van der Waals surface area contributed by atoms with E-state index in [9.17, 15) is 26.4 Å². The fraction of sp³-hybridized carbons (Fsp3) is 0.389. The van der Waals surface area contributed by atoms with Crippen LogP contribution in [-0.4, -0.2) is 37.8 Å². The number of carbonyl (C=O) groups is 1. The maximum Gasteiger partial charge on any atom is 0.417 e. The Morgan fingerprint density at radius 2 is 1.90 bits per heavy atom. The third kappa shape index (κ3) is 4.59. The number of furan rings is 1. The van der Waals surface area contributed by atoms with Crippen LogP contribution in [-0.2, 0) is 16.2 Å².